The molecule has 4 aliphatic rings. The van der Waals surface area contributed by atoms with Crippen molar-refractivity contribution in [3.05, 3.63) is 120 Å². The molecule has 0 radical (unpaired) electrons. The Hall–Kier alpha value is -2.50. The molecule has 518 valence electrons. The lowest BCUT2D eigenvalue weighted by Crippen LogP contribution is -2.61. The van der Waals surface area contributed by atoms with Crippen LogP contribution in [0, 0.1) is 11.8 Å². The first kappa shape index (κ1) is 76.9. The molecule has 4 heterocycles. The molecule has 7 rings (SSSR count). The van der Waals surface area contributed by atoms with Gasteiger partial charge in [0.2, 0.25) is 0 Å². The first-order valence-electron chi connectivity index (χ1n) is 35.8. The van der Waals surface area contributed by atoms with E-state index in [4.69, 9.17) is 52.7 Å². The fraction of sp³-hybridized carbons (Fsp3) is 0.724. The number of aliphatic hydroxyl groups is 1. The molecular formula is C76H126O12Si4. The molecule has 12 nitrogen and oxygen atoms in total. The van der Waals surface area contributed by atoms with Gasteiger partial charge < -0.3 is 51.2 Å². The summed E-state index contributed by atoms with van der Waals surface area (Å²) in [6.45, 7) is 48.5. The molecule has 0 unspecified atom stereocenters. The molecule has 4 fully saturated rings. The molecule has 3 aromatic carbocycles. The van der Waals surface area contributed by atoms with Crippen LogP contribution in [-0.4, -0.2) is 130 Å². The highest BCUT2D eigenvalue weighted by atomic mass is 28.4. The number of rotatable bonds is 31. The predicted octanol–water partition coefficient (Wildman–Crippen LogP) is 18.6. The van der Waals surface area contributed by atoms with E-state index >= 15 is 0 Å². The summed E-state index contributed by atoms with van der Waals surface area (Å²) in [4.78, 5) is 14.9. The Labute approximate surface area is 562 Å². The summed E-state index contributed by atoms with van der Waals surface area (Å²) in [6.07, 6.45) is 3.16. The Bertz CT molecular complexity index is 2650. The van der Waals surface area contributed by atoms with Crippen LogP contribution in [0.15, 0.2) is 103 Å². The molecule has 0 aromatic heterocycles. The summed E-state index contributed by atoms with van der Waals surface area (Å²) >= 11 is 0. The van der Waals surface area contributed by atoms with Crippen LogP contribution < -0.4 is 0 Å². The third kappa shape index (κ3) is 18.4. The molecule has 3 aromatic rings. The van der Waals surface area contributed by atoms with Gasteiger partial charge in [-0.2, -0.15) is 0 Å². The van der Waals surface area contributed by atoms with Crippen LogP contribution in [0.5, 0.6) is 0 Å². The predicted molar refractivity (Wildman–Crippen MR) is 384 cm³/mol. The van der Waals surface area contributed by atoms with Crippen molar-refractivity contribution in [1.82, 2.24) is 0 Å². The van der Waals surface area contributed by atoms with Crippen molar-refractivity contribution in [2.24, 2.45) is 11.8 Å². The van der Waals surface area contributed by atoms with Gasteiger partial charge in [0.25, 0.3) is 0 Å². The number of carbonyl (C=O) groups excluding carboxylic acids is 1. The van der Waals surface area contributed by atoms with Crippen molar-refractivity contribution >= 4 is 39.1 Å². The number of ether oxygens (including phenoxy) is 6. The second-order valence-electron chi connectivity index (χ2n) is 31.7. The van der Waals surface area contributed by atoms with Gasteiger partial charge in [-0.25, -0.2) is 0 Å². The SMILES string of the molecule is C=C(C[C@@H]1C[C@](C)(O[Si](CC)(CC)CC)C[C@@]2(C[C@@H](O[Si](CC)(CC)CC)C[C@H](CCO[Si](C)(C)C(C)(C)C)O2)O1)[C@@H](C)[C@H](O)[C@H](C)C(=O)C[C@@H]1C[C@H](OC)C[C@]2(C[C@@H](O[Si](C)(C)C(C)(C)C)C[C@H](COC(c3ccccc3)(c3ccccc3)c3ccccc3)O2)O1. The second-order valence-corrected chi connectivity index (χ2v) is 50.7. The first-order valence-corrected chi connectivity index (χ1v) is 46.7. The van der Waals surface area contributed by atoms with Gasteiger partial charge in [-0.15, -0.1) is 0 Å². The number of methoxy groups -OCH3 is 1. The van der Waals surface area contributed by atoms with Gasteiger partial charge in [0.05, 0.1) is 61.0 Å². The third-order valence-corrected chi connectivity index (χ3v) is 41.8. The lowest BCUT2D eigenvalue weighted by Gasteiger charge is -2.56. The average molecular weight is 1340 g/mol. The largest absolute Gasteiger partial charge is 0.417 e. The van der Waals surface area contributed by atoms with E-state index in [-0.39, 0.29) is 59.4 Å². The highest BCUT2D eigenvalue weighted by Crippen LogP contribution is 2.52. The minimum absolute atomic E-state index is 0.0260. The van der Waals surface area contributed by atoms with E-state index in [0.29, 0.717) is 58.0 Å². The van der Waals surface area contributed by atoms with Crippen molar-refractivity contribution in [2.45, 2.75) is 319 Å². The van der Waals surface area contributed by atoms with E-state index in [0.717, 1.165) is 71.4 Å². The number of hydrogen-bond acceptors (Lipinski definition) is 12. The molecule has 13 atom stereocenters. The molecular weight excluding hydrogens is 1220 g/mol. The number of aliphatic hydroxyl groups excluding tert-OH is 1. The van der Waals surface area contributed by atoms with Crippen LogP contribution in [0.2, 0.25) is 72.5 Å². The van der Waals surface area contributed by atoms with Crippen molar-refractivity contribution in [2.75, 3.05) is 20.3 Å². The molecule has 0 saturated carbocycles. The van der Waals surface area contributed by atoms with Gasteiger partial charge in [-0.05, 0) is 115 Å². The molecule has 2 spiro atoms. The smallest absolute Gasteiger partial charge is 0.192 e. The van der Waals surface area contributed by atoms with Gasteiger partial charge >= 0.3 is 0 Å². The van der Waals surface area contributed by atoms with E-state index in [1.165, 1.54) is 0 Å². The molecule has 4 aliphatic heterocycles. The molecule has 0 aliphatic carbocycles. The van der Waals surface area contributed by atoms with E-state index in [2.05, 4.69) is 189 Å². The van der Waals surface area contributed by atoms with Gasteiger partial charge in [0.15, 0.2) is 44.8 Å². The fourth-order valence-corrected chi connectivity index (χ4v) is 23.5. The standard InChI is InChI=1S/C76H126O12Si4/c1-22-91(23-2,24-3)87-67-46-62(43-44-81-89(18,19)71(10,11)12)82-75(53-67)55-73(16,88-92(25-4,26-5)27-6)50-65(84-75)45-56(7)57(8)70(78)58(9)69(77)49-63-47-64(79-17)51-74(83-63)52-66(86-90(20,21)72(13,14)15)48-68(85-74)54-80-76(59-37-31-28-32-38-59,60-39-33-29-34-40-60)61-41-35-30-36-42-61/h28-42,57-58,62-68,70,78H,7,22-27,43-55H2,1-6,8-21H3/t57-,58-,62+,63+,64+,65-,66+,67+,68-,70+,73+,74+,75-/m1/s1. The van der Waals surface area contributed by atoms with Crippen LogP contribution in [0.25, 0.3) is 0 Å². The molecule has 0 amide bonds. The molecule has 92 heavy (non-hydrogen) atoms. The average Bonchev–Trinajstić information content (AvgIpc) is 0.767. The fourth-order valence-electron chi connectivity index (χ4n) is 15.1. The zero-order valence-electron chi connectivity index (χ0n) is 61.0. The van der Waals surface area contributed by atoms with E-state index in [9.17, 15) is 9.90 Å². The summed E-state index contributed by atoms with van der Waals surface area (Å²) in [6, 6.07) is 37.6. The van der Waals surface area contributed by atoms with Crippen LogP contribution in [0.3, 0.4) is 0 Å². The Morgan fingerprint density at radius 2 is 1.03 bits per heavy atom. The quantitative estimate of drug-likeness (QED) is 0.0374. The monoisotopic (exact) mass is 1340 g/mol. The maximum atomic E-state index is 14.9. The summed E-state index contributed by atoms with van der Waals surface area (Å²) in [7, 11) is -6.76. The molecule has 4 saturated heterocycles. The summed E-state index contributed by atoms with van der Waals surface area (Å²) in [5.41, 5.74) is 2.36. The van der Waals surface area contributed by atoms with Gasteiger partial charge in [0, 0.05) is 76.9 Å². The number of benzene rings is 3. The lowest BCUT2D eigenvalue weighted by molar-refractivity contribution is -0.347. The van der Waals surface area contributed by atoms with E-state index in [1.807, 2.05) is 32.0 Å². The second kappa shape index (κ2) is 31.6. The zero-order chi connectivity index (χ0) is 67.8. The number of hydrogen-bond donors (Lipinski definition) is 1. The Balaban J connectivity index is 1.12. The summed E-state index contributed by atoms with van der Waals surface area (Å²) in [5.74, 6) is -3.32. The lowest BCUT2D eigenvalue weighted by atomic mass is 9.78. The Kier molecular flexibility index (Phi) is 26.4. The van der Waals surface area contributed by atoms with Crippen molar-refractivity contribution in [1.29, 1.82) is 0 Å². The minimum atomic E-state index is -2.31. The van der Waals surface area contributed by atoms with Crippen molar-refractivity contribution < 1.29 is 56.0 Å². The maximum Gasteiger partial charge on any atom is 0.192 e. The van der Waals surface area contributed by atoms with Crippen LogP contribution in [-0.2, 0) is 56.5 Å². The maximum absolute atomic E-state index is 14.9. The number of Topliss-reactive ketones (excluding diaryl/α,β-unsaturated/α-hetero) is 1. The van der Waals surface area contributed by atoms with Gasteiger partial charge in [-0.3, -0.25) is 4.79 Å². The first-order chi connectivity index (χ1) is 43.2. The van der Waals surface area contributed by atoms with Crippen LogP contribution in [0.1, 0.15) is 191 Å². The van der Waals surface area contributed by atoms with Crippen molar-refractivity contribution in [3.8, 4) is 0 Å². The normalized spacial score (nSPS) is 28.2. The van der Waals surface area contributed by atoms with E-state index < -0.39 is 86.2 Å². The Morgan fingerprint density at radius 3 is 1.53 bits per heavy atom. The summed E-state index contributed by atoms with van der Waals surface area (Å²) < 4.78 is 72.5. The van der Waals surface area contributed by atoms with Gasteiger partial charge in [-0.1, -0.05) is 200 Å². The molecule has 1 N–H and O–H groups in total. The zero-order valence-corrected chi connectivity index (χ0v) is 65.0. The number of ketones is 1. The van der Waals surface area contributed by atoms with Crippen LogP contribution >= 0.6 is 0 Å². The number of carbonyl (C=O) groups is 1. The summed E-state index contributed by atoms with van der Waals surface area (Å²) in [5, 5.41) is 12.5. The minimum Gasteiger partial charge on any atom is -0.417 e. The molecule has 16 heteroatoms. The molecule has 0 bridgehead atoms. The Morgan fingerprint density at radius 1 is 0.587 bits per heavy atom. The third-order valence-electron chi connectivity index (χ3n) is 23.2. The van der Waals surface area contributed by atoms with Crippen LogP contribution in [0.4, 0.5) is 0 Å². The highest BCUT2D eigenvalue weighted by Gasteiger charge is 2.57. The van der Waals surface area contributed by atoms with E-state index in [1.54, 1.807) is 7.11 Å². The topological polar surface area (TPSA) is 130 Å². The highest BCUT2D eigenvalue weighted by molar-refractivity contribution is 6.75. The van der Waals surface area contributed by atoms with Gasteiger partial charge in [0.1, 0.15) is 11.4 Å². The van der Waals surface area contributed by atoms with Crippen molar-refractivity contribution in [3.63, 3.8) is 0 Å².